The summed E-state index contributed by atoms with van der Waals surface area (Å²) in [5, 5.41) is 27.4. The van der Waals surface area contributed by atoms with E-state index in [9.17, 15) is 0 Å². The summed E-state index contributed by atoms with van der Waals surface area (Å²) in [5.74, 6) is -2.76. The predicted octanol–water partition coefficient (Wildman–Crippen LogP) is 18.3. The molecule has 0 spiro atoms. The molecule has 0 aromatic heterocycles. The van der Waals surface area contributed by atoms with Gasteiger partial charge in [-0.2, -0.15) is 0 Å². The van der Waals surface area contributed by atoms with Crippen molar-refractivity contribution in [3.05, 3.63) is 193 Å². The van der Waals surface area contributed by atoms with Crippen molar-refractivity contribution in [2.24, 2.45) is 0 Å². The third kappa shape index (κ3) is 4.17. The molecule has 0 fully saturated rings. The van der Waals surface area contributed by atoms with Gasteiger partial charge in [0.2, 0.25) is 0 Å². The standard InChI is InChI=1S/C62H28F4/c63-33-21-31(22-34(64)25-33)55-51-27-49-45-15-13-41-37-9-1-5-29-6-2-10-38(53(29)37)42-14-16-46(59(45)57(41)42)50(49)28-52(51)56(32-23-35(65)26-36(66)24-32)62-48-20-18-44-40-12-4-8-30-7-3-11-39(54(30)40)43-17-19-47(61(55)62)60(48)58(43)44/h1-28H. The lowest BCUT2D eigenvalue weighted by Crippen LogP contribution is -1.92. The molecule has 0 aliphatic rings. The lowest BCUT2D eigenvalue weighted by atomic mass is 9.85. The van der Waals surface area contributed by atoms with Gasteiger partial charge < -0.3 is 0 Å². The maximum atomic E-state index is 15.7. The van der Waals surface area contributed by atoms with Crippen molar-refractivity contribution in [1.29, 1.82) is 0 Å². The van der Waals surface area contributed by atoms with Crippen LogP contribution in [0.25, 0.3) is 162 Å². The highest BCUT2D eigenvalue weighted by atomic mass is 19.1. The van der Waals surface area contributed by atoms with E-state index in [1.165, 1.54) is 67.4 Å². The minimum atomic E-state index is -0.691. The first kappa shape index (κ1) is 35.1. The summed E-state index contributed by atoms with van der Waals surface area (Å²) < 4.78 is 62.9. The molecule has 0 saturated heterocycles. The summed E-state index contributed by atoms with van der Waals surface area (Å²) >= 11 is 0. The maximum Gasteiger partial charge on any atom is 0.126 e. The topological polar surface area (TPSA) is 0 Å². The number of benzene rings is 14. The summed E-state index contributed by atoms with van der Waals surface area (Å²) in [5.41, 5.74) is 2.10. The molecule has 0 amide bonds. The molecular formula is C62H28F4. The molecule has 0 aliphatic carbocycles. The van der Waals surface area contributed by atoms with Crippen molar-refractivity contribution in [3.8, 4) is 22.3 Å². The molecule has 66 heavy (non-hydrogen) atoms. The molecule has 16 aromatic rings. The van der Waals surface area contributed by atoms with E-state index >= 15 is 17.6 Å². The van der Waals surface area contributed by atoms with Crippen LogP contribution in [0.4, 0.5) is 17.6 Å². The van der Waals surface area contributed by atoms with Crippen LogP contribution in [-0.2, 0) is 0 Å². The van der Waals surface area contributed by atoms with Gasteiger partial charge in [0.15, 0.2) is 0 Å². The lowest BCUT2D eigenvalue weighted by molar-refractivity contribution is 0.583. The SMILES string of the molecule is Fc1cc(F)cc(-c2c3cc4c(cc3c(-c3cc(F)cc(F)c3)c3c5ccc6c7cccc8cccc(c9ccc(c23)c5c96)c87)c2ccc3c5cccc6cccc(c7ccc4c2c73)c65)c1. The second-order valence-corrected chi connectivity index (χ2v) is 18.3. The Balaban J connectivity index is 1.17. The molecule has 0 radical (unpaired) electrons. The van der Waals surface area contributed by atoms with E-state index in [4.69, 9.17) is 0 Å². The lowest BCUT2D eigenvalue weighted by Gasteiger charge is -2.18. The van der Waals surface area contributed by atoms with E-state index in [2.05, 4.69) is 133 Å². The molecular weight excluding hydrogens is 821 g/mol. The molecule has 0 nitrogen and oxygen atoms in total. The van der Waals surface area contributed by atoms with E-state index in [1.54, 1.807) is 0 Å². The molecule has 0 N–H and O–H groups in total. The molecule has 0 bridgehead atoms. The first-order chi connectivity index (χ1) is 32.4. The average Bonchev–Trinajstić information content (AvgIpc) is 3.82. The second-order valence-electron chi connectivity index (χ2n) is 18.3. The van der Waals surface area contributed by atoms with Crippen molar-refractivity contribution >= 4 is 140 Å². The Morgan fingerprint density at radius 2 is 0.470 bits per heavy atom. The molecule has 16 rings (SSSR count). The van der Waals surface area contributed by atoms with E-state index in [0.717, 1.165) is 109 Å². The Labute approximate surface area is 371 Å². The van der Waals surface area contributed by atoms with Gasteiger partial charge in [-0.05, 0) is 199 Å². The van der Waals surface area contributed by atoms with Gasteiger partial charge in [-0.25, -0.2) is 17.6 Å². The highest BCUT2D eigenvalue weighted by molar-refractivity contribution is 6.48. The monoisotopic (exact) mass is 848 g/mol. The zero-order valence-corrected chi connectivity index (χ0v) is 34.7. The fourth-order valence-electron chi connectivity index (χ4n) is 12.8. The fraction of sp³-hybridized carbons (Fsp3) is 0. The van der Waals surface area contributed by atoms with Gasteiger partial charge in [0.1, 0.15) is 23.3 Å². The highest BCUT2D eigenvalue weighted by Gasteiger charge is 2.28. The predicted molar refractivity (Wildman–Crippen MR) is 269 cm³/mol. The number of hydrogen-bond acceptors (Lipinski definition) is 0. The molecule has 304 valence electrons. The summed E-state index contributed by atoms with van der Waals surface area (Å²) in [6.07, 6.45) is 0. The van der Waals surface area contributed by atoms with Gasteiger partial charge in [0.25, 0.3) is 0 Å². The van der Waals surface area contributed by atoms with Crippen LogP contribution >= 0.6 is 0 Å². The Kier molecular flexibility index (Phi) is 6.30. The Morgan fingerprint density at radius 3 is 0.803 bits per heavy atom. The summed E-state index contributed by atoms with van der Waals surface area (Å²) in [6.45, 7) is 0. The zero-order valence-electron chi connectivity index (χ0n) is 34.7. The maximum absolute atomic E-state index is 15.7. The van der Waals surface area contributed by atoms with E-state index < -0.39 is 23.3 Å². The zero-order chi connectivity index (χ0) is 43.4. The van der Waals surface area contributed by atoms with Gasteiger partial charge in [-0.1, -0.05) is 121 Å². The normalized spacial score (nSPS) is 12.8. The molecule has 16 aromatic carbocycles. The van der Waals surface area contributed by atoms with Crippen LogP contribution in [0.2, 0.25) is 0 Å². The van der Waals surface area contributed by atoms with Crippen molar-refractivity contribution < 1.29 is 17.6 Å². The van der Waals surface area contributed by atoms with Crippen LogP contribution in [0.15, 0.2) is 170 Å². The largest absolute Gasteiger partial charge is 0.207 e. The van der Waals surface area contributed by atoms with Crippen molar-refractivity contribution in [2.45, 2.75) is 0 Å². The second kappa shape index (κ2) is 11.9. The molecule has 4 heteroatoms. The molecule has 0 unspecified atom stereocenters. The van der Waals surface area contributed by atoms with Crippen LogP contribution in [0.3, 0.4) is 0 Å². The Bertz CT molecular complexity index is 4520. The van der Waals surface area contributed by atoms with Gasteiger partial charge in [-0.15, -0.1) is 0 Å². The minimum absolute atomic E-state index is 0.385. The van der Waals surface area contributed by atoms with Crippen LogP contribution in [0, 0.1) is 23.3 Å². The molecule has 0 atom stereocenters. The molecule has 0 saturated carbocycles. The first-order valence-electron chi connectivity index (χ1n) is 22.2. The van der Waals surface area contributed by atoms with Gasteiger partial charge in [-0.3, -0.25) is 0 Å². The number of rotatable bonds is 2. The van der Waals surface area contributed by atoms with Gasteiger partial charge in [0, 0.05) is 12.1 Å². The first-order valence-corrected chi connectivity index (χ1v) is 22.2. The summed E-state index contributed by atoms with van der Waals surface area (Å²) in [7, 11) is 0. The molecule has 0 heterocycles. The van der Waals surface area contributed by atoms with Crippen LogP contribution in [0.5, 0.6) is 0 Å². The minimum Gasteiger partial charge on any atom is -0.207 e. The number of hydrogen-bond donors (Lipinski definition) is 0. The fourth-order valence-corrected chi connectivity index (χ4v) is 12.8. The van der Waals surface area contributed by atoms with Crippen molar-refractivity contribution in [3.63, 3.8) is 0 Å². The van der Waals surface area contributed by atoms with Crippen LogP contribution in [-0.4, -0.2) is 0 Å². The summed E-state index contributed by atoms with van der Waals surface area (Å²) in [4.78, 5) is 0. The number of fused-ring (bicyclic) bond motifs is 11. The molecule has 0 aliphatic heterocycles. The van der Waals surface area contributed by atoms with Crippen LogP contribution in [0.1, 0.15) is 0 Å². The van der Waals surface area contributed by atoms with Gasteiger partial charge in [0.05, 0.1) is 0 Å². The van der Waals surface area contributed by atoms with Crippen molar-refractivity contribution in [1.82, 2.24) is 0 Å². The Hall–Kier alpha value is -8.34. The highest BCUT2D eigenvalue weighted by Crippen LogP contribution is 2.56. The van der Waals surface area contributed by atoms with E-state index in [1.807, 2.05) is 0 Å². The van der Waals surface area contributed by atoms with Gasteiger partial charge >= 0.3 is 0 Å². The third-order valence-corrected chi connectivity index (χ3v) is 15.2. The van der Waals surface area contributed by atoms with Crippen molar-refractivity contribution in [2.75, 3.05) is 0 Å². The van der Waals surface area contributed by atoms with E-state index in [0.29, 0.717) is 22.3 Å². The average molecular weight is 849 g/mol. The summed E-state index contributed by atoms with van der Waals surface area (Å²) in [6, 6.07) is 55.1. The van der Waals surface area contributed by atoms with Crippen LogP contribution < -0.4 is 0 Å². The Morgan fingerprint density at radius 1 is 0.197 bits per heavy atom. The number of halogens is 4. The smallest absolute Gasteiger partial charge is 0.126 e. The van der Waals surface area contributed by atoms with E-state index in [-0.39, 0.29) is 0 Å². The quantitative estimate of drug-likeness (QED) is 0.0924. The third-order valence-electron chi connectivity index (χ3n) is 15.2.